The first-order valence-corrected chi connectivity index (χ1v) is 12.2. The van der Waals surface area contributed by atoms with E-state index >= 15 is 0 Å². The Hall–Kier alpha value is -1.12. The van der Waals surface area contributed by atoms with Crippen molar-refractivity contribution in [2.45, 2.75) is 104 Å². The molecule has 1 heterocycles. The molecule has 3 nitrogen and oxygen atoms in total. The van der Waals surface area contributed by atoms with Gasteiger partial charge in [-0.2, -0.15) is 0 Å². The minimum Gasteiger partial charge on any atom is -0.463 e. The Balaban J connectivity index is 1.72. The second-order valence-corrected chi connectivity index (χ2v) is 9.45. The van der Waals surface area contributed by atoms with Crippen molar-refractivity contribution in [3.05, 3.63) is 18.5 Å². The molecule has 0 aliphatic heterocycles. The van der Waals surface area contributed by atoms with Gasteiger partial charge >= 0.3 is 6.01 Å². The average molecular weight is 387 g/mol. The van der Waals surface area contributed by atoms with Gasteiger partial charge in [-0.05, 0) is 67.8 Å². The van der Waals surface area contributed by atoms with Crippen LogP contribution in [-0.4, -0.2) is 16.6 Å². The minimum atomic E-state index is 0.545. The van der Waals surface area contributed by atoms with Crippen LogP contribution in [0.4, 0.5) is 0 Å². The summed E-state index contributed by atoms with van der Waals surface area (Å²) >= 11 is 0. The molecule has 3 atom stereocenters. The van der Waals surface area contributed by atoms with Gasteiger partial charge in [-0.1, -0.05) is 65.2 Å². The molecule has 1 aromatic rings. The second-order valence-electron chi connectivity index (χ2n) is 9.45. The van der Waals surface area contributed by atoms with Crippen LogP contribution in [0.5, 0.6) is 6.01 Å². The minimum absolute atomic E-state index is 0.545. The standard InChI is InChI=1S/C25H42N2O/c1-3-5-9-15-25(16-10-6-11-17-25)23-14-8-7-13-22(23)21(4-2)20-28-24-26-18-12-19-27-24/h12,18-19,21-23H,3-11,13-17,20H2,1-2H3/t21?,22-,23+/m1/s1. The maximum absolute atomic E-state index is 6.06. The molecule has 0 saturated heterocycles. The van der Waals surface area contributed by atoms with Crippen molar-refractivity contribution in [1.29, 1.82) is 0 Å². The van der Waals surface area contributed by atoms with E-state index in [0.29, 0.717) is 17.3 Å². The van der Waals surface area contributed by atoms with E-state index in [-0.39, 0.29) is 0 Å². The number of nitrogens with zero attached hydrogens (tertiary/aromatic N) is 2. The summed E-state index contributed by atoms with van der Waals surface area (Å²) in [5.41, 5.74) is 0.620. The first-order valence-electron chi connectivity index (χ1n) is 12.2. The van der Waals surface area contributed by atoms with Crippen molar-refractivity contribution in [3.63, 3.8) is 0 Å². The molecule has 0 spiro atoms. The second kappa shape index (κ2) is 11.2. The Morgan fingerprint density at radius 3 is 2.46 bits per heavy atom. The molecule has 1 unspecified atom stereocenters. The fourth-order valence-corrected chi connectivity index (χ4v) is 6.36. The van der Waals surface area contributed by atoms with Crippen molar-refractivity contribution in [2.75, 3.05) is 6.61 Å². The maximum Gasteiger partial charge on any atom is 0.316 e. The van der Waals surface area contributed by atoms with Crippen LogP contribution in [0.1, 0.15) is 104 Å². The molecule has 2 fully saturated rings. The molecule has 2 aliphatic carbocycles. The molecule has 0 bridgehead atoms. The topological polar surface area (TPSA) is 35.0 Å². The summed E-state index contributed by atoms with van der Waals surface area (Å²) in [6, 6.07) is 2.40. The van der Waals surface area contributed by atoms with Crippen molar-refractivity contribution < 1.29 is 4.74 Å². The van der Waals surface area contributed by atoms with E-state index in [9.17, 15) is 0 Å². The Morgan fingerprint density at radius 1 is 1.00 bits per heavy atom. The third kappa shape index (κ3) is 5.48. The number of ether oxygens (including phenoxy) is 1. The van der Waals surface area contributed by atoms with Gasteiger partial charge in [-0.25, -0.2) is 9.97 Å². The smallest absolute Gasteiger partial charge is 0.316 e. The summed E-state index contributed by atoms with van der Waals surface area (Å²) in [5.74, 6) is 2.37. The van der Waals surface area contributed by atoms with Gasteiger partial charge in [0.05, 0.1) is 6.61 Å². The number of rotatable bonds is 10. The third-order valence-corrected chi connectivity index (χ3v) is 7.83. The quantitative estimate of drug-likeness (QED) is 0.398. The van der Waals surface area contributed by atoms with E-state index in [1.54, 1.807) is 12.4 Å². The van der Waals surface area contributed by atoms with E-state index in [1.165, 1.54) is 89.9 Å². The molecular formula is C25H42N2O. The highest BCUT2D eigenvalue weighted by Gasteiger charge is 2.45. The van der Waals surface area contributed by atoms with Gasteiger partial charge < -0.3 is 4.74 Å². The first-order chi connectivity index (χ1) is 13.8. The fourth-order valence-electron chi connectivity index (χ4n) is 6.36. The van der Waals surface area contributed by atoms with Crippen molar-refractivity contribution in [2.24, 2.45) is 23.2 Å². The van der Waals surface area contributed by atoms with Gasteiger partial charge in [0.15, 0.2) is 0 Å². The molecule has 2 aliphatic rings. The van der Waals surface area contributed by atoms with Crippen LogP contribution in [0.15, 0.2) is 18.5 Å². The zero-order valence-corrected chi connectivity index (χ0v) is 18.4. The van der Waals surface area contributed by atoms with Gasteiger partial charge in [0, 0.05) is 12.4 Å². The predicted octanol–water partition coefficient (Wildman–Crippen LogP) is 7.22. The number of aromatic nitrogens is 2. The Kier molecular flexibility index (Phi) is 8.61. The van der Waals surface area contributed by atoms with Crippen molar-refractivity contribution >= 4 is 0 Å². The van der Waals surface area contributed by atoms with Crippen LogP contribution in [0, 0.1) is 23.2 Å². The SMILES string of the molecule is CCCCCC1([C@H]2CCCC[C@@H]2C(CC)COc2ncccn2)CCCCC1. The molecular weight excluding hydrogens is 344 g/mol. The Labute approximate surface area is 173 Å². The van der Waals surface area contributed by atoms with Crippen LogP contribution in [0.2, 0.25) is 0 Å². The Morgan fingerprint density at radius 2 is 1.75 bits per heavy atom. The molecule has 1 aromatic heterocycles. The van der Waals surface area contributed by atoms with Crippen molar-refractivity contribution in [3.8, 4) is 6.01 Å². The lowest BCUT2D eigenvalue weighted by Crippen LogP contribution is -2.42. The van der Waals surface area contributed by atoms with Gasteiger partial charge in [-0.15, -0.1) is 0 Å². The normalized spacial score (nSPS) is 25.9. The van der Waals surface area contributed by atoms with Crippen LogP contribution in [0.25, 0.3) is 0 Å². The van der Waals surface area contributed by atoms with Gasteiger partial charge in [-0.3, -0.25) is 0 Å². The van der Waals surface area contributed by atoms with Crippen molar-refractivity contribution in [1.82, 2.24) is 9.97 Å². The van der Waals surface area contributed by atoms with Crippen LogP contribution < -0.4 is 4.74 Å². The molecule has 0 radical (unpaired) electrons. The zero-order valence-electron chi connectivity index (χ0n) is 18.4. The highest BCUT2D eigenvalue weighted by Crippen LogP contribution is 2.55. The van der Waals surface area contributed by atoms with Crippen LogP contribution in [0.3, 0.4) is 0 Å². The molecule has 3 heteroatoms. The lowest BCUT2D eigenvalue weighted by molar-refractivity contribution is -0.0174. The number of hydrogen-bond donors (Lipinski definition) is 0. The zero-order chi connectivity index (χ0) is 19.7. The molecule has 0 N–H and O–H groups in total. The summed E-state index contributed by atoms with van der Waals surface area (Å²) in [4.78, 5) is 8.54. The summed E-state index contributed by atoms with van der Waals surface area (Å²) in [6.07, 6.45) is 23.5. The number of unbranched alkanes of at least 4 members (excludes halogenated alkanes) is 2. The summed E-state index contributed by atoms with van der Waals surface area (Å²) < 4.78 is 6.06. The highest BCUT2D eigenvalue weighted by molar-refractivity contribution is 4.97. The summed E-state index contributed by atoms with van der Waals surface area (Å²) in [7, 11) is 0. The van der Waals surface area contributed by atoms with E-state index in [4.69, 9.17) is 4.74 Å². The predicted molar refractivity (Wildman–Crippen MR) is 116 cm³/mol. The fraction of sp³-hybridized carbons (Fsp3) is 0.840. The van der Waals surface area contributed by atoms with Gasteiger partial charge in [0.1, 0.15) is 0 Å². The molecule has 2 saturated carbocycles. The molecule has 0 amide bonds. The largest absolute Gasteiger partial charge is 0.463 e. The lowest BCUT2D eigenvalue weighted by Gasteiger charge is -2.51. The van der Waals surface area contributed by atoms with E-state index in [0.717, 1.165) is 18.4 Å². The van der Waals surface area contributed by atoms with E-state index in [1.807, 2.05) is 6.07 Å². The number of hydrogen-bond acceptors (Lipinski definition) is 3. The average Bonchev–Trinajstić information content (AvgIpc) is 2.76. The monoisotopic (exact) mass is 386 g/mol. The Bertz CT molecular complexity index is 541. The van der Waals surface area contributed by atoms with Crippen LogP contribution in [-0.2, 0) is 0 Å². The summed E-state index contributed by atoms with van der Waals surface area (Å²) in [6.45, 7) is 5.48. The van der Waals surface area contributed by atoms with Gasteiger partial charge in [0.2, 0.25) is 0 Å². The lowest BCUT2D eigenvalue weighted by atomic mass is 9.54. The maximum atomic E-state index is 6.06. The summed E-state index contributed by atoms with van der Waals surface area (Å²) in [5, 5.41) is 0. The van der Waals surface area contributed by atoms with Crippen LogP contribution >= 0.6 is 0 Å². The molecule has 28 heavy (non-hydrogen) atoms. The molecule has 3 rings (SSSR count). The van der Waals surface area contributed by atoms with E-state index in [2.05, 4.69) is 23.8 Å². The van der Waals surface area contributed by atoms with Gasteiger partial charge in [0.25, 0.3) is 0 Å². The molecule has 0 aromatic carbocycles. The molecule has 158 valence electrons. The highest BCUT2D eigenvalue weighted by atomic mass is 16.5. The van der Waals surface area contributed by atoms with E-state index < -0.39 is 0 Å². The third-order valence-electron chi connectivity index (χ3n) is 7.83. The first kappa shape index (κ1) is 21.6.